The summed E-state index contributed by atoms with van der Waals surface area (Å²) >= 11 is 0. The zero-order valence-corrected chi connectivity index (χ0v) is 10.8. The summed E-state index contributed by atoms with van der Waals surface area (Å²) in [6, 6.07) is 12.4. The Bertz CT molecular complexity index is 858. The van der Waals surface area contributed by atoms with E-state index in [0.717, 1.165) is 0 Å². The highest BCUT2D eigenvalue weighted by atomic mass is 16.4. The maximum absolute atomic E-state index is 11.4. The first-order valence-electron chi connectivity index (χ1n) is 6.21. The average Bonchev–Trinajstić information content (AvgIpc) is 2.46. The second-order valence-corrected chi connectivity index (χ2v) is 4.58. The molecule has 21 heavy (non-hydrogen) atoms. The minimum Gasteiger partial charge on any atom is -0.508 e. The normalized spacial score (nSPS) is 10.7. The zero-order valence-electron chi connectivity index (χ0n) is 10.8. The lowest BCUT2D eigenvalue weighted by Crippen LogP contribution is -2.00. The second-order valence-electron chi connectivity index (χ2n) is 4.58. The van der Waals surface area contributed by atoms with Crippen LogP contribution in [0.1, 0.15) is 10.4 Å². The maximum Gasteiger partial charge on any atom is 0.336 e. The largest absolute Gasteiger partial charge is 0.508 e. The lowest BCUT2D eigenvalue weighted by molar-refractivity contribution is 0.0699. The van der Waals surface area contributed by atoms with Crippen LogP contribution >= 0.6 is 0 Å². The molecule has 0 spiro atoms. The topological polar surface area (TPSA) is 90.7 Å². The molecule has 0 saturated carbocycles. The predicted molar refractivity (Wildman–Crippen MR) is 77.5 cm³/mol. The Morgan fingerprint density at radius 3 is 2.48 bits per heavy atom. The van der Waals surface area contributed by atoms with Gasteiger partial charge in [-0.05, 0) is 24.3 Å². The van der Waals surface area contributed by atoms with Gasteiger partial charge in [-0.1, -0.05) is 18.2 Å². The summed E-state index contributed by atoms with van der Waals surface area (Å²) in [4.78, 5) is 15.8. The van der Waals surface area contributed by atoms with E-state index >= 15 is 0 Å². The number of phenolic OH excluding ortho intramolecular Hbond substituents is 2. The van der Waals surface area contributed by atoms with Gasteiger partial charge in [-0.15, -0.1) is 0 Å². The van der Waals surface area contributed by atoms with E-state index < -0.39 is 5.97 Å². The van der Waals surface area contributed by atoms with Crippen LogP contribution in [0.2, 0.25) is 0 Å². The van der Waals surface area contributed by atoms with E-state index in [0.29, 0.717) is 22.2 Å². The van der Waals surface area contributed by atoms with Gasteiger partial charge in [-0.3, -0.25) is 0 Å². The molecule has 0 aliphatic carbocycles. The van der Waals surface area contributed by atoms with E-state index in [9.17, 15) is 20.1 Å². The fourth-order valence-electron chi connectivity index (χ4n) is 2.23. The summed E-state index contributed by atoms with van der Waals surface area (Å²) in [5.74, 6) is -1.29. The van der Waals surface area contributed by atoms with Gasteiger partial charge in [-0.25, -0.2) is 9.78 Å². The number of carbonyl (C=O) groups is 1. The number of aromatic hydroxyl groups is 2. The first-order chi connectivity index (χ1) is 10.1. The number of aromatic nitrogens is 1. The van der Waals surface area contributed by atoms with E-state index in [-0.39, 0.29) is 17.1 Å². The minimum atomic E-state index is -1.06. The van der Waals surface area contributed by atoms with E-state index in [1.807, 2.05) is 0 Å². The van der Waals surface area contributed by atoms with E-state index in [1.54, 1.807) is 24.3 Å². The van der Waals surface area contributed by atoms with Crippen LogP contribution in [0.5, 0.6) is 11.5 Å². The van der Waals surface area contributed by atoms with Crippen molar-refractivity contribution in [2.45, 2.75) is 0 Å². The van der Waals surface area contributed by atoms with E-state index in [4.69, 9.17) is 0 Å². The summed E-state index contributed by atoms with van der Waals surface area (Å²) in [5.41, 5.74) is 1.34. The number of hydrogen-bond donors (Lipinski definition) is 3. The third kappa shape index (κ3) is 2.25. The van der Waals surface area contributed by atoms with Gasteiger partial charge < -0.3 is 15.3 Å². The van der Waals surface area contributed by atoms with Gasteiger partial charge in [0.25, 0.3) is 0 Å². The first kappa shape index (κ1) is 12.9. The monoisotopic (exact) mass is 281 g/mol. The molecule has 0 unspecified atom stereocenters. The zero-order chi connectivity index (χ0) is 15.0. The van der Waals surface area contributed by atoms with Crippen LogP contribution in [-0.4, -0.2) is 26.3 Å². The maximum atomic E-state index is 11.4. The lowest BCUT2D eigenvalue weighted by Gasteiger charge is -2.08. The van der Waals surface area contributed by atoms with Gasteiger partial charge in [0, 0.05) is 17.0 Å². The number of hydrogen-bond acceptors (Lipinski definition) is 4. The molecular weight excluding hydrogens is 270 g/mol. The van der Waals surface area contributed by atoms with E-state index in [1.165, 1.54) is 24.3 Å². The molecule has 5 nitrogen and oxygen atoms in total. The second kappa shape index (κ2) is 4.79. The molecule has 0 bridgehead atoms. The molecule has 1 heterocycles. The molecule has 104 valence electrons. The van der Waals surface area contributed by atoms with Gasteiger partial charge in [0.2, 0.25) is 0 Å². The Labute approximate surface area is 119 Å². The summed E-state index contributed by atoms with van der Waals surface area (Å²) in [6.45, 7) is 0. The number of benzene rings is 2. The van der Waals surface area contributed by atoms with Gasteiger partial charge in [-0.2, -0.15) is 0 Å². The van der Waals surface area contributed by atoms with Crippen molar-refractivity contribution >= 4 is 16.9 Å². The molecule has 1 aromatic heterocycles. The molecule has 3 rings (SSSR count). The Hall–Kier alpha value is -3.08. The highest BCUT2D eigenvalue weighted by Crippen LogP contribution is 2.33. The average molecular weight is 281 g/mol. The fourth-order valence-corrected chi connectivity index (χ4v) is 2.23. The van der Waals surface area contributed by atoms with Crippen molar-refractivity contribution in [3.05, 3.63) is 54.1 Å². The summed E-state index contributed by atoms with van der Waals surface area (Å²) in [5, 5.41) is 29.1. The van der Waals surface area contributed by atoms with Gasteiger partial charge >= 0.3 is 5.97 Å². The summed E-state index contributed by atoms with van der Waals surface area (Å²) in [7, 11) is 0. The van der Waals surface area contributed by atoms with Crippen molar-refractivity contribution in [2.24, 2.45) is 0 Å². The molecule has 5 heteroatoms. The number of fused-ring (bicyclic) bond motifs is 1. The smallest absolute Gasteiger partial charge is 0.336 e. The van der Waals surface area contributed by atoms with Crippen LogP contribution in [0.3, 0.4) is 0 Å². The summed E-state index contributed by atoms with van der Waals surface area (Å²) in [6.07, 6.45) is 0. The molecular formula is C16H11NO4. The number of nitrogens with zero attached hydrogens (tertiary/aromatic N) is 1. The molecule has 0 aliphatic rings. The van der Waals surface area contributed by atoms with Crippen molar-refractivity contribution in [3.8, 4) is 22.8 Å². The molecule has 0 amide bonds. The Morgan fingerprint density at radius 1 is 1.00 bits per heavy atom. The minimum absolute atomic E-state index is 0.0736. The highest BCUT2D eigenvalue weighted by Gasteiger charge is 2.14. The molecule has 0 radical (unpaired) electrons. The number of pyridine rings is 1. The third-order valence-electron chi connectivity index (χ3n) is 3.20. The SMILES string of the molecule is O=C(O)c1cc(-c2ccc(O)cc2O)nc2ccccc12. The van der Waals surface area contributed by atoms with Crippen molar-refractivity contribution < 1.29 is 20.1 Å². The Morgan fingerprint density at radius 2 is 1.76 bits per heavy atom. The van der Waals surface area contributed by atoms with Crippen molar-refractivity contribution in [2.75, 3.05) is 0 Å². The van der Waals surface area contributed by atoms with E-state index in [2.05, 4.69) is 4.98 Å². The Kier molecular flexibility index (Phi) is 2.95. The van der Waals surface area contributed by atoms with Gasteiger partial charge in [0.15, 0.2) is 0 Å². The Balaban J connectivity index is 2.31. The van der Waals surface area contributed by atoms with Gasteiger partial charge in [0.05, 0.1) is 16.8 Å². The standard InChI is InChI=1S/C16H11NO4/c18-9-5-6-11(15(19)7-9)14-8-12(16(20)21)10-3-1-2-4-13(10)17-14/h1-8,18-19H,(H,20,21). The number of aromatic carboxylic acids is 1. The predicted octanol–water partition coefficient (Wildman–Crippen LogP) is 3.01. The van der Waals surface area contributed by atoms with Gasteiger partial charge in [0.1, 0.15) is 11.5 Å². The quantitative estimate of drug-likeness (QED) is 0.671. The van der Waals surface area contributed by atoms with Crippen molar-refractivity contribution in [3.63, 3.8) is 0 Å². The number of phenols is 2. The highest BCUT2D eigenvalue weighted by molar-refractivity contribution is 6.03. The number of para-hydroxylation sites is 1. The number of carboxylic acids is 1. The summed E-state index contributed by atoms with van der Waals surface area (Å²) < 4.78 is 0. The molecule has 0 fully saturated rings. The molecule has 0 saturated heterocycles. The van der Waals surface area contributed by atoms with Crippen LogP contribution in [0.25, 0.3) is 22.2 Å². The number of carboxylic acid groups (broad SMARTS) is 1. The first-order valence-corrected chi connectivity index (χ1v) is 6.21. The molecule has 3 aromatic rings. The third-order valence-corrected chi connectivity index (χ3v) is 3.20. The molecule has 0 aliphatic heterocycles. The van der Waals surface area contributed by atoms with Crippen molar-refractivity contribution in [1.82, 2.24) is 4.98 Å². The molecule has 0 atom stereocenters. The molecule has 3 N–H and O–H groups in total. The molecule has 2 aromatic carbocycles. The van der Waals surface area contributed by atoms with Crippen LogP contribution < -0.4 is 0 Å². The fraction of sp³-hybridized carbons (Fsp3) is 0. The van der Waals surface area contributed by atoms with Crippen LogP contribution in [0, 0.1) is 0 Å². The number of rotatable bonds is 2. The van der Waals surface area contributed by atoms with Crippen LogP contribution in [0.15, 0.2) is 48.5 Å². The lowest BCUT2D eigenvalue weighted by atomic mass is 10.0. The van der Waals surface area contributed by atoms with Crippen LogP contribution in [0.4, 0.5) is 0 Å². The van der Waals surface area contributed by atoms with Crippen LogP contribution in [-0.2, 0) is 0 Å². The van der Waals surface area contributed by atoms with Crippen molar-refractivity contribution in [1.29, 1.82) is 0 Å².